The standard InChI is InChI=1S/C16H17ClN2O4S/c1-22-14-7-9-15(10-8-14)24(20,21)18-11-16(19-23-2)12-3-5-13(17)6-4-12/h3-10,18H,11H2,1-2H3/b19-16-. The molecule has 0 atom stereocenters. The van der Waals surface area contributed by atoms with Crippen LogP contribution in [-0.4, -0.2) is 34.9 Å². The number of halogens is 1. The van der Waals surface area contributed by atoms with Gasteiger partial charge in [-0.05, 0) is 36.4 Å². The van der Waals surface area contributed by atoms with Crippen molar-refractivity contribution in [2.45, 2.75) is 4.90 Å². The molecule has 0 fully saturated rings. The number of hydrogen-bond acceptors (Lipinski definition) is 5. The molecule has 0 aromatic heterocycles. The number of nitrogens with zero attached hydrogens (tertiary/aromatic N) is 1. The van der Waals surface area contributed by atoms with Gasteiger partial charge in [-0.15, -0.1) is 0 Å². The minimum Gasteiger partial charge on any atom is -0.497 e. The van der Waals surface area contributed by atoms with Gasteiger partial charge in [-0.25, -0.2) is 13.1 Å². The zero-order valence-electron chi connectivity index (χ0n) is 13.2. The van der Waals surface area contributed by atoms with Crippen molar-refractivity contribution in [3.8, 4) is 5.75 Å². The quantitative estimate of drug-likeness (QED) is 0.602. The first-order valence-corrected chi connectivity index (χ1v) is 8.82. The van der Waals surface area contributed by atoms with Gasteiger partial charge in [0, 0.05) is 10.6 Å². The molecule has 8 heteroatoms. The van der Waals surface area contributed by atoms with E-state index in [9.17, 15) is 8.42 Å². The predicted octanol–water partition coefficient (Wildman–Crippen LogP) is 2.68. The van der Waals surface area contributed by atoms with Gasteiger partial charge in [0.25, 0.3) is 0 Å². The second-order valence-corrected chi connectivity index (χ2v) is 6.93. The van der Waals surface area contributed by atoms with Gasteiger partial charge < -0.3 is 9.57 Å². The number of methoxy groups -OCH3 is 1. The number of benzene rings is 2. The highest BCUT2D eigenvalue weighted by Crippen LogP contribution is 2.15. The average molecular weight is 369 g/mol. The third-order valence-electron chi connectivity index (χ3n) is 3.18. The van der Waals surface area contributed by atoms with E-state index < -0.39 is 10.0 Å². The molecule has 0 bridgehead atoms. The van der Waals surface area contributed by atoms with Crippen molar-refractivity contribution >= 4 is 27.3 Å². The summed E-state index contributed by atoms with van der Waals surface area (Å²) < 4.78 is 32.2. The van der Waals surface area contributed by atoms with Gasteiger partial charge in [0.05, 0.1) is 18.6 Å². The molecule has 0 amide bonds. The lowest BCUT2D eigenvalue weighted by Crippen LogP contribution is -2.30. The Hall–Kier alpha value is -2.09. The topological polar surface area (TPSA) is 77.0 Å². The van der Waals surface area contributed by atoms with Crippen molar-refractivity contribution in [2.24, 2.45) is 5.16 Å². The summed E-state index contributed by atoms with van der Waals surface area (Å²) in [6.45, 7) is -0.0240. The van der Waals surface area contributed by atoms with Crippen LogP contribution in [0.25, 0.3) is 0 Å². The Labute approximate surface area is 146 Å². The van der Waals surface area contributed by atoms with Gasteiger partial charge in [0.1, 0.15) is 18.6 Å². The van der Waals surface area contributed by atoms with E-state index in [1.807, 2.05) is 0 Å². The summed E-state index contributed by atoms with van der Waals surface area (Å²) in [5, 5.41) is 4.45. The van der Waals surface area contributed by atoms with E-state index in [4.69, 9.17) is 21.2 Å². The van der Waals surface area contributed by atoms with Crippen LogP contribution >= 0.6 is 11.6 Å². The molecular weight excluding hydrogens is 352 g/mol. The van der Waals surface area contributed by atoms with Gasteiger partial charge in [0.15, 0.2) is 0 Å². The largest absolute Gasteiger partial charge is 0.497 e. The van der Waals surface area contributed by atoms with Crippen molar-refractivity contribution < 1.29 is 18.0 Å². The molecule has 0 spiro atoms. The minimum absolute atomic E-state index is 0.0240. The Bertz CT molecular complexity index is 803. The van der Waals surface area contributed by atoms with Crippen molar-refractivity contribution in [3.05, 3.63) is 59.1 Å². The van der Waals surface area contributed by atoms with E-state index in [0.29, 0.717) is 22.0 Å². The molecule has 2 aromatic rings. The summed E-state index contributed by atoms with van der Waals surface area (Å²) in [4.78, 5) is 4.93. The molecule has 128 valence electrons. The van der Waals surface area contributed by atoms with Crippen LogP contribution in [0.4, 0.5) is 0 Å². The Kier molecular flexibility index (Phi) is 6.19. The molecule has 6 nitrogen and oxygen atoms in total. The lowest BCUT2D eigenvalue weighted by atomic mass is 10.1. The zero-order chi connectivity index (χ0) is 17.6. The number of nitrogens with one attached hydrogen (secondary N) is 1. The van der Waals surface area contributed by atoms with Crippen LogP contribution in [0.15, 0.2) is 58.6 Å². The van der Waals surface area contributed by atoms with E-state index >= 15 is 0 Å². The molecule has 0 aliphatic heterocycles. The maximum absolute atomic E-state index is 12.4. The van der Waals surface area contributed by atoms with Gasteiger partial charge in [-0.1, -0.05) is 28.9 Å². The summed E-state index contributed by atoms with van der Waals surface area (Å²) in [6.07, 6.45) is 0. The Morgan fingerprint density at radius 1 is 1.08 bits per heavy atom. The number of ether oxygens (including phenoxy) is 1. The van der Waals surface area contributed by atoms with Crippen LogP contribution in [0, 0.1) is 0 Å². The molecule has 0 unspecified atom stereocenters. The highest BCUT2D eigenvalue weighted by Gasteiger charge is 2.16. The molecule has 0 aliphatic rings. The van der Waals surface area contributed by atoms with Crippen LogP contribution in [0.2, 0.25) is 5.02 Å². The van der Waals surface area contributed by atoms with Crippen LogP contribution in [0.5, 0.6) is 5.75 Å². The monoisotopic (exact) mass is 368 g/mol. The van der Waals surface area contributed by atoms with Crippen LogP contribution < -0.4 is 9.46 Å². The van der Waals surface area contributed by atoms with Crippen molar-refractivity contribution in [3.63, 3.8) is 0 Å². The fourth-order valence-corrected chi connectivity index (χ4v) is 3.05. The molecule has 0 radical (unpaired) electrons. The van der Waals surface area contributed by atoms with Gasteiger partial charge in [-0.3, -0.25) is 0 Å². The first-order valence-electron chi connectivity index (χ1n) is 6.96. The average Bonchev–Trinajstić information content (AvgIpc) is 2.59. The molecular formula is C16H17ClN2O4S. The van der Waals surface area contributed by atoms with Crippen LogP contribution in [0.3, 0.4) is 0 Å². The van der Waals surface area contributed by atoms with Crippen molar-refractivity contribution in [1.82, 2.24) is 4.72 Å². The molecule has 0 aliphatic carbocycles. The predicted molar refractivity (Wildman–Crippen MR) is 93.2 cm³/mol. The number of oxime groups is 1. The Morgan fingerprint density at radius 2 is 1.71 bits per heavy atom. The van der Waals surface area contributed by atoms with Gasteiger partial charge in [-0.2, -0.15) is 0 Å². The fourth-order valence-electron chi connectivity index (χ4n) is 1.94. The second kappa shape index (κ2) is 8.14. The van der Waals surface area contributed by atoms with Gasteiger partial charge in [0.2, 0.25) is 10.0 Å². The van der Waals surface area contributed by atoms with E-state index in [2.05, 4.69) is 9.88 Å². The highest BCUT2D eigenvalue weighted by atomic mass is 35.5. The van der Waals surface area contributed by atoms with E-state index in [0.717, 1.165) is 0 Å². The molecule has 0 saturated heterocycles. The third-order valence-corrected chi connectivity index (χ3v) is 4.85. The molecule has 2 rings (SSSR count). The first-order chi connectivity index (χ1) is 11.5. The molecule has 2 aromatic carbocycles. The van der Waals surface area contributed by atoms with E-state index in [1.165, 1.54) is 26.4 Å². The molecule has 1 N–H and O–H groups in total. The number of sulfonamides is 1. The summed E-state index contributed by atoms with van der Waals surface area (Å²) >= 11 is 5.85. The van der Waals surface area contributed by atoms with E-state index in [1.54, 1.807) is 36.4 Å². The van der Waals surface area contributed by atoms with Crippen LogP contribution in [-0.2, 0) is 14.9 Å². The molecule has 0 heterocycles. The molecule has 0 saturated carbocycles. The fraction of sp³-hybridized carbons (Fsp3) is 0.188. The summed E-state index contributed by atoms with van der Waals surface area (Å²) in [5.74, 6) is 0.580. The molecule has 24 heavy (non-hydrogen) atoms. The first kappa shape index (κ1) is 18.3. The summed E-state index contributed by atoms with van der Waals surface area (Å²) in [5.41, 5.74) is 1.14. The lowest BCUT2D eigenvalue weighted by Gasteiger charge is -2.10. The Balaban J connectivity index is 2.15. The van der Waals surface area contributed by atoms with Gasteiger partial charge >= 0.3 is 0 Å². The smallest absolute Gasteiger partial charge is 0.240 e. The summed E-state index contributed by atoms with van der Waals surface area (Å²) in [7, 11) is -0.771. The number of rotatable bonds is 7. The minimum atomic E-state index is -3.68. The van der Waals surface area contributed by atoms with Crippen molar-refractivity contribution in [2.75, 3.05) is 20.8 Å². The normalized spacial score (nSPS) is 12.0. The maximum Gasteiger partial charge on any atom is 0.240 e. The SMILES string of the molecule is CO/N=C(/CNS(=O)(=O)c1ccc(OC)cc1)c1ccc(Cl)cc1. The lowest BCUT2D eigenvalue weighted by molar-refractivity contribution is 0.213. The third kappa shape index (κ3) is 4.70. The second-order valence-electron chi connectivity index (χ2n) is 4.73. The van der Waals surface area contributed by atoms with Crippen LogP contribution in [0.1, 0.15) is 5.56 Å². The number of hydrogen-bond donors (Lipinski definition) is 1. The zero-order valence-corrected chi connectivity index (χ0v) is 14.8. The Morgan fingerprint density at radius 3 is 2.25 bits per heavy atom. The summed E-state index contributed by atoms with van der Waals surface area (Å²) in [6, 6.07) is 13.0. The van der Waals surface area contributed by atoms with Crippen molar-refractivity contribution in [1.29, 1.82) is 0 Å². The maximum atomic E-state index is 12.4. The highest BCUT2D eigenvalue weighted by molar-refractivity contribution is 7.89. The van der Waals surface area contributed by atoms with E-state index in [-0.39, 0.29) is 11.4 Å².